The molecular formula is C19H29N4P. The Balaban J connectivity index is 0.00000100. The Kier molecular flexibility index (Phi) is 6.68. The van der Waals surface area contributed by atoms with Gasteiger partial charge in [-0.05, 0) is 31.9 Å². The summed E-state index contributed by atoms with van der Waals surface area (Å²) < 4.78 is 0. The minimum absolute atomic E-state index is 0.377. The average Bonchev–Trinajstić information content (AvgIpc) is 2.69. The van der Waals surface area contributed by atoms with Crippen LogP contribution in [0.4, 0.5) is 5.82 Å². The van der Waals surface area contributed by atoms with E-state index < -0.39 is 0 Å². The Labute approximate surface area is 148 Å². The number of rotatable bonds is 4. The predicted molar refractivity (Wildman–Crippen MR) is 108 cm³/mol. The van der Waals surface area contributed by atoms with E-state index in [0.717, 1.165) is 59.5 Å². The Morgan fingerprint density at radius 1 is 1.12 bits per heavy atom. The van der Waals surface area contributed by atoms with Crippen molar-refractivity contribution in [3.63, 3.8) is 0 Å². The number of hydrogen-bond donors (Lipinski definition) is 0. The molecule has 0 amide bonds. The molecule has 0 radical (unpaired) electrons. The monoisotopic (exact) mass is 344 g/mol. The van der Waals surface area contributed by atoms with E-state index in [1.54, 1.807) is 0 Å². The zero-order chi connectivity index (χ0) is 17.7. The fraction of sp³-hybridized carbons (Fsp3) is 0.526. The lowest BCUT2D eigenvalue weighted by atomic mass is 10.1. The van der Waals surface area contributed by atoms with Gasteiger partial charge in [0, 0.05) is 18.3 Å². The molecule has 2 atom stereocenters. The summed E-state index contributed by atoms with van der Waals surface area (Å²) in [5.74, 6) is 1.03. The molecule has 24 heavy (non-hydrogen) atoms. The molecule has 1 aliphatic rings. The predicted octanol–water partition coefficient (Wildman–Crippen LogP) is 4.27. The second-order valence-corrected chi connectivity index (χ2v) is 6.37. The maximum atomic E-state index is 4.75. The van der Waals surface area contributed by atoms with E-state index in [9.17, 15) is 0 Å². The molecule has 4 nitrogen and oxygen atoms in total. The van der Waals surface area contributed by atoms with Crippen molar-refractivity contribution in [1.82, 2.24) is 15.0 Å². The number of anilines is 1. The molecule has 3 heterocycles. The van der Waals surface area contributed by atoms with Crippen molar-refractivity contribution in [2.75, 3.05) is 11.4 Å². The van der Waals surface area contributed by atoms with E-state index in [2.05, 4.69) is 51.2 Å². The van der Waals surface area contributed by atoms with E-state index in [4.69, 9.17) is 9.97 Å². The number of aryl methyl sites for hydroxylation is 1. The third-order valence-electron chi connectivity index (χ3n) is 4.03. The van der Waals surface area contributed by atoms with Crippen molar-refractivity contribution in [3.8, 4) is 0 Å². The number of nitrogens with zero attached hydrogens (tertiary/aromatic N) is 4. The van der Waals surface area contributed by atoms with Crippen molar-refractivity contribution in [2.45, 2.75) is 59.9 Å². The van der Waals surface area contributed by atoms with Gasteiger partial charge in [-0.15, -0.1) is 0 Å². The fourth-order valence-corrected chi connectivity index (χ4v) is 3.42. The molecule has 5 heteroatoms. The van der Waals surface area contributed by atoms with Crippen LogP contribution in [0.5, 0.6) is 0 Å². The van der Waals surface area contributed by atoms with Crippen molar-refractivity contribution in [3.05, 3.63) is 23.5 Å². The lowest BCUT2D eigenvalue weighted by molar-refractivity contribution is 0.616. The molecule has 2 aromatic heterocycles. The van der Waals surface area contributed by atoms with Crippen molar-refractivity contribution < 1.29 is 0 Å². The van der Waals surface area contributed by atoms with E-state index >= 15 is 0 Å². The molecule has 0 aliphatic carbocycles. The maximum Gasteiger partial charge on any atom is 0.147 e. The van der Waals surface area contributed by atoms with Crippen LogP contribution in [0, 0.1) is 6.92 Å². The largest absolute Gasteiger partial charge is 0.349 e. The highest BCUT2D eigenvalue weighted by atomic mass is 31.0. The van der Waals surface area contributed by atoms with Crippen molar-refractivity contribution >= 4 is 37.6 Å². The lowest BCUT2D eigenvalue weighted by Crippen LogP contribution is -2.35. The first-order chi connectivity index (χ1) is 11.6. The fourth-order valence-electron chi connectivity index (χ4n) is 3.16. The molecule has 130 valence electrons. The first-order valence-corrected chi connectivity index (χ1v) is 9.61. The van der Waals surface area contributed by atoms with Crippen LogP contribution in [-0.2, 0) is 0 Å². The Hall–Kier alpha value is -1.54. The van der Waals surface area contributed by atoms with Gasteiger partial charge in [-0.25, -0.2) is 9.97 Å². The van der Waals surface area contributed by atoms with E-state index in [1.165, 1.54) is 0 Å². The van der Waals surface area contributed by atoms with Crippen LogP contribution in [0.25, 0.3) is 17.0 Å². The zero-order valence-electron chi connectivity index (χ0n) is 15.5. The lowest BCUT2D eigenvalue weighted by Gasteiger charge is -2.30. The van der Waals surface area contributed by atoms with E-state index in [1.807, 2.05) is 20.8 Å². The Morgan fingerprint density at radius 2 is 1.88 bits per heavy atom. The first kappa shape index (κ1) is 18.8. The normalized spacial score (nSPS) is 15.9. The summed E-state index contributed by atoms with van der Waals surface area (Å²) in [5.41, 5.74) is 3.73. The van der Waals surface area contributed by atoms with E-state index in [0.29, 0.717) is 6.04 Å². The molecular weight excluding hydrogens is 315 g/mol. The summed E-state index contributed by atoms with van der Waals surface area (Å²) in [6.45, 7) is 11.5. The molecule has 2 unspecified atom stereocenters. The van der Waals surface area contributed by atoms with Crippen LogP contribution in [0.15, 0.2) is 12.1 Å². The van der Waals surface area contributed by atoms with Crippen LogP contribution < -0.4 is 10.5 Å². The first-order valence-electron chi connectivity index (χ1n) is 9.03. The molecule has 0 spiro atoms. The Bertz CT molecular complexity index is 722. The second-order valence-electron chi connectivity index (χ2n) is 5.86. The quantitative estimate of drug-likeness (QED) is 0.777. The zero-order valence-corrected chi connectivity index (χ0v) is 16.7. The molecule has 0 saturated heterocycles. The van der Waals surface area contributed by atoms with Crippen LogP contribution in [0.2, 0.25) is 0 Å². The van der Waals surface area contributed by atoms with Gasteiger partial charge in [-0.2, -0.15) is 0 Å². The highest BCUT2D eigenvalue weighted by Gasteiger charge is 2.24. The molecule has 0 bridgehead atoms. The van der Waals surface area contributed by atoms with Gasteiger partial charge in [0.25, 0.3) is 0 Å². The highest BCUT2D eigenvalue weighted by Crippen LogP contribution is 2.32. The number of hydrogen-bond acceptors (Lipinski definition) is 4. The van der Waals surface area contributed by atoms with Gasteiger partial charge in [0.15, 0.2) is 0 Å². The SMILES string of the molecule is CC.CCCC1C=Cc2nc(C)cc3nc(P)nc(c23)N1CCC. The number of aromatic nitrogens is 3. The van der Waals surface area contributed by atoms with Crippen molar-refractivity contribution in [1.29, 1.82) is 0 Å². The average molecular weight is 344 g/mol. The molecule has 0 fully saturated rings. The smallest absolute Gasteiger partial charge is 0.147 e. The minimum atomic E-state index is 0.377. The van der Waals surface area contributed by atoms with Gasteiger partial charge in [-0.3, -0.25) is 4.98 Å². The summed E-state index contributed by atoms with van der Waals surface area (Å²) in [7, 11) is 2.64. The summed E-state index contributed by atoms with van der Waals surface area (Å²) in [6.07, 6.45) is 7.81. The molecule has 0 saturated carbocycles. The standard InChI is InChI=1S/C17H23N4P.C2H6/c1-4-6-12-7-8-13-15-14(10-11(3)18-13)19-17(22)20-16(15)21(12)9-5-2;1-2/h7-8,10,12H,4-6,9,22H2,1-3H3;1-2H3. The van der Waals surface area contributed by atoms with Crippen LogP contribution in [0.3, 0.4) is 0 Å². The third kappa shape index (κ3) is 3.75. The van der Waals surface area contributed by atoms with Crippen molar-refractivity contribution in [2.24, 2.45) is 0 Å². The summed E-state index contributed by atoms with van der Waals surface area (Å²) in [5, 5.41) is 1.08. The Morgan fingerprint density at radius 3 is 2.54 bits per heavy atom. The topological polar surface area (TPSA) is 41.9 Å². The van der Waals surface area contributed by atoms with Gasteiger partial charge in [0.2, 0.25) is 0 Å². The third-order valence-corrected chi connectivity index (χ3v) is 4.29. The molecule has 3 rings (SSSR count). The van der Waals surface area contributed by atoms with Gasteiger partial charge in [-0.1, -0.05) is 49.4 Å². The molecule has 2 aromatic rings. The van der Waals surface area contributed by atoms with Gasteiger partial charge in [0.1, 0.15) is 11.4 Å². The highest BCUT2D eigenvalue weighted by molar-refractivity contribution is 7.26. The minimum Gasteiger partial charge on any atom is -0.349 e. The number of pyridine rings is 1. The molecule has 0 aromatic carbocycles. The van der Waals surface area contributed by atoms with Gasteiger partial charge >= 0.3 is 0 Å². The second kappa shape index (κ2) is 8.53. The van der Waals surface area contributed by atoms with Gasteiger partial charge in [0.05, 0.1) is 16.6 Å². The summed E-state index contributed by atoms with van der Waals surface area (Å²) in [6, 6.07) is 2.43. The summed E-state index contributed by atoms with van der Waals surface area (Å²) >= 11 is 0. The molecule has 0 N–H and O–H groups in total. The molecule has 1 aliphatic heterocycles. The van der Waals surface area contributed by atoms with Crippen LogP contribution in [0.1, 0.15) is 58.3 Å². The van der Waals surface area contributed by atoms with Gasteiger partial charge < -0.3 is 4.90 Å². The van der Waals surface area contributed by atoms with Crippen LogP contribution >= 0.6 is 9.24 Å². The maximum absolute atomic E-state index is 4.75. The van der Waals surface area contributed by atoms with E-state index in [-0.39, 0.29) is 0 Å². The summed E-state index contributed by atoms with van der Waals surface area (Å²) in [4.78, 5) is 16.5. The van der Waals surface area contributed by atoms with Crippen LogP contribution in [-0.4, -0.2) is 27.5 Å².